The van der Waals surface area contributed by atoms with E-state index >= 15 is 0 Å². The first-order valence-corrected chi connectivity index (χ1v) is 13.5. The number of H-pyrrole nitrogens is 1. The van der Waals surface area contributed by atoms with Gasteiger partial charge in [0.25, 0.3) is 0 Å². The molecule has 4 aromatic rings. The minimum Gasteiger partial charge on any atom is -0.356 e. The third-order valence-electron chi connectivity index (χ3n) is 6.89. The van der Waals surface area contributed by atoms with Crippen molar-refractivity contribution in [3.05, 3.63) is 66.0 Å². The van der Waals surface area contributed by atoms with Crippen LogP contribution in [0, 0.1) is 0 Å². The lowest BCUT2D eigenvalue weighted by Crippen LogP contribution is -2.24. The van der Waals surface area contributed by atoms with Gasteiger partial charge in [0.15, 0.2) is 0 Å². The van der Waals surface area contributed by atoms with Crippen molar-refractivity contribution >= 4 is 33.6 Å². The van der Waals surface area contributed by atoms with Crippen molar-refractivity contribution in [3.8, 4) is 11.1 Å². The zero-order valence-electron chi connectivity index (χ0n) is 22.0. The van der Waals surface area contributed by atoms with Crippen molar-refractivity contribution in [1.29, 1.82) is 0 Å². The van der Waals surface area contributed by atoms with Crippen LogP contribution in [0.2, 0.25) is 0 Å². The van der Waals surface area contributed by atoms with Crippen molar-refractivity contribution in [2.75, 3.05) is 13.1 Å². The number of aromatic nitrogens is 2. The third-order valence-corrected chi connectivity index (χ3v) is 6.89. The molecule has 0 aliphatic carbocycles. The van der Waals surface area contributed by atoms with Crippen molar-refractivity contribution in [3.63, 3.8) is 0 Å². The summed E-state index contributed by atoms with van der Waals surface area (Å²) in [6.45, 7) is 5.04. The van der Waals surface area contributed by atoms with Crippen LogP contribution < -0.4 is 10.6 Å². The fourth-order valence-corrected chi connectivity index (χ4v) is 4.84. The molecular formula is C31H38N4O2. The van der Waals surface area contributed by atoms with Gasteiger partial charge >= 0.3 is 0 Å². The van der Waals surface area contributed by atoms with Crippen LogP contribution in [-0.2, 0) is 22.4 Å². The summed E-state index contributed by atoms with van der Waals surface area (Å²) in [4.78, 5) is 31.3. The molecule has 0 bridgehead atoms. The second-order valence-electron chi connectivity index (χ2n) is 9.78. The number of aryl methyl sites for hydroxylation is 1. The second-order valence-corrected chi connectivity index (χ2v) is 9.78. The fraction of sp³-hybridized carbons (Fsp3) is 0.387. The minimum atomic E-state index is -0.00704. The Balaban J connectivity index is 1.43. The van der Waals surface area contributed by atoms with Crippen LogP contribution in [0.25, 0.3) is 32.9 Å². The normalized spacial score (nSPS) is 11.2. The highest BCUT2D eigenvalue weighted by molar-refractivity contribution is 5.92. The van der Waals surface area contributed by atoms with E-state index in [2.05, 4.69) is 70.0 Å². The molecule has 3 N–H and O–H groups in total. The van der Waals surface area contributed by atoms with Gasteiger partial charge in [-0.15, -0.1) is 0 Å². The molecule has 0 saturated heterocycles. The van der Waals surface area contributed by atoms with Gasteiger partial charge in [0, 0.05) is 49.8 Å². The number of nitrogens with one attached hydrogen (secondary N) is 3. The fourth-order valence-electron chi connectivity index (χ4n) is 4.84. The molecular weight excluding hydrogens is 460 g/mol. The van der Waals surface area contributed by atoms with E-state index in [0.29, 0.717) is 19.5 Å². The molecule has 2 aromatic heterocycles. The number of unbranched alkanes of at least 4 members (excludes halogenated alkanes) is 3. The van der Waals surface area contributed by atoms with Crippen molar-refractivity contribution in [2.45, 2.75) is 65.2 Å². The summed E-state index contributed by atoms with van der Waals surface area (Å²) in [6, 6.07) is 15.1. The molecule has 0 fully saturated rings. The van der Waals surface area contributed by atoms with Crippen molar-refractivity contribution < 1.29 is 9.59 Å². The first-order valence-electron chi connectivity index (χ1n) is 13.5. The Morgan fingerprint density at radius 1 is 0.865 bits per heavy atom. The number of carbonyl (C=O) groups excluding carboxylic acids is 2. The van der Waals surface area contributed by atoms with Crippen LogP contribution >= 0.6 is 0 Å². The molecule has 0 radical (unpaired) electrons. The summed E-state index contributed by atoms with van der Waals surface area (Å²) in [5, 5.41) is 9.47. The summed E-state index contributed by atoms with van der Waals surface area (Å²) in [6.07, 6.45) is 11.6. The number of nitrogens with zero attached hydrogens (tertiary/aromatic N) is 1. The van der Waals surface area contributed by atoms with E-state index in [1.165, 1.54) is 34.7 Å². The molecule has 194 valence electrons. The van der Waals surface area contributed by atoms with Gasteiger partial charge in [-0.2, -0.15) is 0 Å². The number of carbonyl (C=O) groups is 2. The van der Waals surface area contributed by atoms with Crippen LogP contribution in [0.4, 0.5) is 0 Å². The molecule has 2 aromatic carbocycles. The number of rotatable bonds is 13. The molecule has 37 heavy (non-hydrogen) atoms. The second kappa shape index (κ2) is 13.0. The Labute approximate surface area is 219 Å². The molecule has 2 amide bonds. The molecule has 0 unspecified atom stereocenters. The highest BCUT2D eigenvalue weighted by atomic mass is 16.2. The Hall–Kier alpha value is -3.67. The number of hydrogen-bond donors (Lipinski definition) is 3. The van der Waals surface area contributed by atoms with Gasteiger partial charge in [0.05, 0.1) is 0 Å². The number of aromatic amines is 1. The standard InChI is InChI=1S/C31H38N4O2/c1-3-4-5-6-12-30(37)33-16-8-11-26-20-34-31-29(26)19-27(21-35-31)25-14-13-23-9-7-10-24(28(23)18-25)15-17-32-22(2)36/h7,9-10,13-14,18-21H,3-6,8,11-12,15-17H2,1-2H3,(H,32,36)(H,33,37)(H,34,35). The van der Waals surface area contributed by atoms with Crippen LogP contribution in [0.15, 0.2) is 54.9 Å². The lowest BCUT2D eigenvalue weighted by atomic mass is 9.97. The largest absolute Gasteiger partial charge is 0.356 e. The molecule has 0 aliphatic heterocycles. The summed E-state index contributed by atoms with van der Waals surface area (Å²) < 4.78 is 0. The predicted molar refractivity (Wildman–Crippen MR) is 152 cm³/mol. The van der Waals surface area contributed by atoms with E-state index in [-0.39, 0.29) is 11.8 Å². The SMILES string of the molecule is CCCCCCC(=O)NCCCc1c[nH]c2ncc(-c3ccc4cccc(CCNC(C)=O)c4c3)cc12. The Bertz CT molecular complexity index is 1360. The van der Waals surface area contributed by atoms with E-state index < -0.39 is 0 Å². The van der Waals surface area contributed by atoms with E-state index in [1.807, 2.05) is 12.4 Å². The van der Waals surface area contributed by atoms with Gasteiger partial charge in [-0.25, -0.2) is 4.98 Å². The topological polar surface area (TPSA) is 86.9 Å². The highest BCUT2D eigenvalue weighted by Crippen LogP contribution is 2.29. The van der Waals surface area contributed by atoms with Crippen LogP contribution in [0.1, 0.15) is 63.5 Å². The molecule has 0 saturated carbocycles. The van der Waals surface area contributed by atoms with E-state index in [9.17, 15) is 9.59 Å². The predicted octanol–water partition coefficient (Wildman–Crippen LogP) is 6.08. The first-order chi connectivity index (χ1) is 18.0. The van der Waals surface area contributed by atoms with Gasteiger partial charge in [0.2, 0.25) is 11.8 Å². The minimum absolute atomic E-state index is 0.00704. The summed E-state index contributed by atoms with van der Waals surface area (Å²) >= 11 is 0. The van der Waals surface area contributed by atoms with E-state index in [4.69, 9.17) is 0 Å². The maximum atomic E-state index is 12.0. The summed E-state index contributed by atoms with van der Waals surface area (Å²) in [7, 11) is 0. The lowest BCUT2D eigenvalue weighted by molar-refractivity contribution is -0.121. The average molecular weight is 499 g/mol. The quantitative estimate of drug-likeness (QED) is 0.195. The number of pyridine rings is 1. The molecule has 0 spiro atoms. The van der Waals surface area contributed by atoms with Gasteiger partial charge in [0.1, 0.15) is 5.65 Å². The molecule has 4 rings (SSSR count). The number of hydrogen-bond acceptors (Lipinski definition) is 3. The monoisotopic (exact) mass is 498 g/mol. The van der Waals surface area contributed by atoms with Gasteiger partial charge < -0.3 is 15.6 Å². The van der Waals surface area contributed by atoms with Gasteiger partial charge in [-0.05, 0) is 65.3 Å². The third kappa shape index (κ3) is 7.19. The van der Waals surface area contributed by atoms with Crippen molar-refractivity contribution in [2.24, 2.45) is 0 Å². The maximum Gasteiger partial charge on any atom is 0.219 e. The number of fused-ring (bicyclic) bond motifs is 2. The highest BCUT2D eigenvalue weighted by Gasteiger charge is 2.10. The average Bonchev–Trinajstić information content (AvgIpc) is 3.31. The summed E-state index contributed by atoms with van der Waals surface area (Å²) in [5.74, 6) is 0.152. The van der Waals surface area contributed by atoms with E-state index in [1.54, 1.807) is 6.92 Å². The van der Waals surface area contributed by atoms with Crippen LogP contribution in [-0.4, -0.2) is 34.9 Å². The molecule has 0 aliphatic rings. The van der Waals surface area contributed by atoms with Crippen LogP contribution in [0.5, 0.6) is 0 Å². The van der Waals surface area contributed by atoms with Crippen LogP contribution in [0.3, 0.4) is 0 Å². The molecule has 0 atom stereocenters. The number of amides is 2. The Kier molecular flexibility index (Phi) is 9.30. The van der Waals surface area contributed by atoms with Crippen molar-refractivity contribution in [1.82, 2.24) is 20.6 Å². The van der Waals surface area contributed by atoms with Gasteiger partial charge in [-0.1, -0.05) is 56.5 Å². The van der Waals surface area contributed by atoms with Gasteiger partial charge in [-0.3, -0.25) is 9.59 Å². The van der Waals surface area contributed by atoms with E-state index in [0.717, 1.165) is 54.3 Å². The zero-order chi connectivity index (χ0) is 26.0. The maximum absolute atomic E-state index is 12.0. The smallest absolute Gasteiger partial charge is 0.219 e. The Morgan fingerprint density at radius 2 is 1.73 bits per heavy atom. The summed E-state index contributed by atoms with van der Waals surface area (Å²) in [5.41, 5.74) is 5.52. The Morgan fingerprint density at radius 3 is 2.57 bits per heavy atom. The first kappa shape index (κ1) is 26.4. The lowest BCUT2D eigenvalue weighted by Gasteiger charge is -2.10. The molecule has 2 heterocycles. The molecule has 6 heteroatoms. The molecule has 6 nitrogen and oxygen atoms in total. The zero-order valence-corrected chi connectivity index (χ0v) is 22.0. The number of benzene rings is 2.